The van der Waals surface area contributed by atoms with Crippen molar-refractivity contribution < 1.29 is 18.3 Å². The van der Waals surface area contributed by atoms with Crippen LogP contribution in [0.15, 0.2) is 18.2 Å². The lowest BCUT2D eigenvalue weighted by atomic mass is 10.1. The van der Waals surface area contributed by atoms with Gasteiger partial charge < -0.3 is 10.1 Å². The number of carbonyl (C=O) groups excluding carboxylic acids is 1. The molecular formula is C16H18F2N2O2. The SMILES string of the molecule is CC(C)(C)OC(=O)NCCC=Cc1cc(F)c(C#N)c(F)c1. The lowest BCUT2D eigenvalue weighted by molar-refractivity contribution is 0.0529. The highest BCUT2D eigenvalue weighted by molar-refractivity contribution is 5.67. The van der Waals surface area contributed by atoms with Crippen LogP contribution in [0.5, 0.6) is 0 Å². The van der Waals surface area contributed by atoms with Gasteiger partial charge in [-0.15, -0.1) is 0 Å². The molecule has 118 valence electrons. The molecule has 6 heteroatoms. The smallest absolute Gasteiger partial charge is 0.407 e. The van der Waals surface area contributed by atoms with E-state index < -0.39 is 28.9 Å². The molecule has 0 aliphatic rings. The minimum absolute atomic E-state index is 0.311. The molecular weight excluding hydrogens is 290 g/mol. The molecule has 0 heterocycles. The summed E-state index contributed by atoms with van der Waals surface area (Å²) in [6, 6.07) is 3.63. The van der Waals surface area contributed by atoms with Crippen molar-refractivity contribution in [3.63, 3.8) is 0 Å². The Morgan fingerprint density at radius 1 is 1.36 bits per heavy atom. The first-order valence-electron chi connectivity index (χ1n) is 6.75. The van der Waals surface area contributed by atoms with Gasteiger partial charge in [0, 0.05) is 6.54 Å². The molecule has 0 fully saturated rings. The molecule has 22 heavy (non-hydrogen) atoms. The van der Waals surface area contributed by atoms with Gasteiger partial charge in [-0.2, -0.15) is 5.26 Å². The molecule has 0 bridgehead atoms. The Balaban J connectivity index is 2.48. The van der Waals surface area contributed by atoms with Crippen LogP contribution < -0.4 is 5.32 Å². The number of halogens is 2. The predicted molar refractivity (Wildman–Crippen MR) is 79.0 cm³/mol. The van der Waals surface area contributed by atoms with Crippen molar-refractivity contribution in [3.05, 3.63) is 41.0 Å². The summed E-state index contributed by atoms with van der Waals surface area (Å²) in [5, 5.41) is 11.1. The Hall–Kier alpha value is -2.42. The largest absolute Gasteiger partial charge is 0.444 e. The Kier molecular flexibility index (Phi) is 6.05. The van der Waals surface area contributed by atoms with E-state index in [4.69, 9.17) is 10.00 Å². The molecule has 0 radical (unpaired) electrons. The number of ether oxygens (including phenoxy) is 1. The molecule has 0 aromatic heterocycles. The van der Waals surface area contributed by atoms with E-state index in [-0.39, 0.29) is 0 Å². The predicted octanol–water partition coefficient (Wildman–Crippen LogP) is 3.76. The van der Waals surface area contributed by atoms with Crippen molar-refractivity contribution >= 4 is 12.2 Å². The van der Waals surface area contributed by atoms with Gasteiger partial charge in [0.1, 0.15) is 28.9 Å². The minimum Gasteiger partial charge on any atom is -0.444 e. The summed E-state index contributed by atoms with van der Waals surface area (Å²) in [4.78, 5) is 11.4. The molecule has 0 unspecified atom stereocenters. The second-order valence-corrected chi connectivity index (χ2v) is 5.59. The first-order valence-corrected chi connectivity index (χ1v) is 6.75. The van der Waals surface area contributed by atoms with Crippen LogP contribution in [0, 0.1) is 23.0 Å². The molecule has 1 N–H and O–H groups in total. The molecule has 1 rings (SSSR count). The fourth-order valence-corrected chi connectivity index (χ4v) is 1.59. The van der Waals surface area contributed by atoms with Gasteiger partial charge in [0.15, 0.2) is 0 Å². The molecule has 0 saturated carbocycles. The van der Waals surface area contributed by atoms with Gasteiger partial charge in [-0.1, -0.05) is 12.2 Å². The number of amides is 1. The molecule has 1 amide bonds. The average Bonchev–Trinajstić information content (AvgIpc) is 2.35. The maximum absolute atomic E-state index is 13.4. The summed E-state index contributed by atoms with van der Waals surface area (Å²) in [6.07, 6.45) is 3.14. The number of nitrogens with one attached hydrogen (secondary N) is 1. The van der Waals surface area contributed by atoms with Crippen LogP contribution in [0.2, 0.25) is 0 Å². The van der Waals surface area contributed by atoms with Gasteiger partial charge in [0.05, 0.1) is 0 Å². The number of hydrogen-bond acceptors (Lipinski definition) is 3. The van der Waals surface area contributed by atoms with Crippen LogP contribution in [-0.2, 0) is 4.74 Å². The van der Waals surface area contributed by atoms with Crippen molar-refractivity contribution in [1.82, 2.24) is 5.32 Å². The number of nitriles is 1. The number of hydrogen-bond donors (Lipinski definition) is 1. The number of rotatable bonds is 4. The highest BCUT2D eigenvalue weighted by Gasteiger charge is 2.15. The minimum atomic E-state index is -0.894. The summed E-state index contributed by atoms with van der Waals surface area (Å²) in [5.41, 5.74) is -0.840. The third kappa shape index (κ3) is 5.92. The average molecular weight is 308 g/mol. The molecule has 1 aromatic rings. The van der Waals surface area contributed by atoms with E-state index >= 15 is 0 Å². The van der Waals surface area contributed by atoms with Gasteiger partial charge >= 0.3 is 6.09 Å². The molecule has 0 atom stereocenters. The summed E-state index contributed by atoms with van der Waals surface area (Å²) in [7, 11) is 0. The van der Waals surface area contributed by atoms with Crippen LogP contribution in [0.4, 0.5) is 13.6 Å². The Labute approximate surface area is 128 Å². The molecule has 0 saturated heterocycles. The van der Waals surface area contributed by atoms with Crippen molar-refractivity contribution in [2.75, 3.05) is 6.54 Å². The maximum atomic E-state index is 13.4. The third-order valence-corrected chi connectivity index (χ3v) is 2.47. The van der Waals surface area contributed by atoms with E-state index in [1.807, 2.05) is 0 Å². The molecule has 0 aliphatic heterocycles. The quantitative estimate of drug-likeness (QED) is 0.861. The molecule has 4 nitrogen and oxygen atoms in total. The standard InChI is InChI=1S/C16H18F2N2O2/c1-16(2,3)22-15(21)20-7-5-4-6-11-8-13(17)12(10-19)14(18)9-11/h4,6,8-9H,5,7H2,1-3H3,(H,20,21). The van der Waals surface area contributed by atoms with Gasteiger partial charge in [-0.25, -0.2) is 13.6 Å². The first kappa shape index (κ1) is 17.6. The van der Waals surface area contributed by atoms with E-state index in [1.165, 1.54) is 12.1 Å². The van der Waals surface area contributed by atoms with E-state index in [9.17, 15) is 13.6 Å². The fraction of sp³-hybridized carbons (Fsp3) is 0.375. The zero-order chi connectivity index (χ0) is 16.8. The van der Waals surface area contributed by atoms with E-state index in [1.54, 1.807) is 26.8 Å². The highest BCUT2D eigenvalue weighted by atomic mass is 19.1. The second-order valence-electron chi connectivity index (χ2n) is 5.59. The van der Waals surface area contributed by atoms with Crippen molar-refractivity contribution in [1.29, 1.82) is 5.26 Å². The fourth-order valence-electron chi connectivity index (χ4n) is 1.59. The van der Waals surface area contributed by atoms with Crippen LogP contribution in [-0.4, -0.2) is 18.2 Å². The van der Waals surface area contributed by atoms with Crippen LogP contribution >= 0.6 is 0 Å². The normalized spacial score (nSPS) is 11.3. The number of nitrogens with zero attached hydrogens (tertiary/aromatic N) is 1. The lowest BCUT2D eigenvalue weighted by Gasteiger charge is -2.19. The van der Waals surface area contributed by atoms with Crippen LogP contribution in [0.3, 0.4) is 0 Å². The molecule has 0 spiro atoms. The number of benzene rings is 1. The Morgan fingerprint density at radius 3 is 2.45 bits per heavy atom. The van der Waals surface area contributed by atoms with Crippen molar-refractivity contribution in [2.24, 2.45) is 0 Å². The van der Waals surface area contributed by atoms with Crippen molar-refractivity contribution in [3.8, 4) is 6.07 Å². The molecule has 1 aromatic carbocycles. The monoisotopic (exact) mass is 308 g/mol. The van der Waals surface area contributed by atoms with E-state index in [0.717, 1.165) is 12.1 Å². The maximum Gasteiger partial charge on any atom is 0.407 e. The van der Waals surface area contributed by atoms with Gasteiger partial charge in [-0.3, -0.25) is 0 Å². The van der Waals surface area contributed by atoms with Gasteiger partial charge in [0.2, 0.25) is 0 Å². The third-order valence-electron chi connectivity index (χ3n) is 2.47. The Morgan fingerprint density at radius 2 is 1.95 bits per heavy atom. The van der Waals surface area contributed by atoms with Gasteiger partial charge in [0.25, 0.3) is 0 Å². The lowest BCUT2D eigenvalue weighted by Crippen LogP contribution is -2.32. The highest BCUT2D eigenvalue weighted by Crippen LogP contribution is 2.15. The summed E-state index contributed by atoms with van der Waals surface area (Å²) in [5.74, 6) is -1.79. The summed E-state index contributed by atoms with van der Waals surface area (Å²) in [6.45, 7) is 5.63. The topological polar surface area (TPSA) is 62.1 Å². The zero-order valence-corrected chi connectivity index (χ0v) is 12.7. The second kappa shape index (κ2) is 7.55. The first-order chi connectivity index (χ1) is 10.2. The van der Waals surface area contributed by atoms with E-state index in [0.29, 0.717) is 18.5 Å². The summed E-state index contributed by atoms with van der Waals surface area (Å²) >= 11 is 0. The summed E-state index contributed by atoms with van der Waals surface area (Å²) < 4.78 is 31.8. The van der Waals surface area contributed by atoms with Gasteiger partial charge in [-0.05, 0) is 44.9 Å². The number of carbonyl (C=O) groups is 1. The number of alkyl carbamates (subject to hydrolysis) is 1. The van der Waals surface area contributed by atoms with Crippen molar-refractivity contribution in [2.45, 2.75) is 32.8 Å². The Bertz CT molecular complexity index is 591. The zero-order valence-electron chi connectivity index (χ0n) is 12.7. The van der Waals surface area contributed by atoms with Crippen LogP contribution in [0.25, 0.3) is 6.08 Å². The molecule has 0 aliphatic carbocycles. The van der Waals surface area contributed by atoms with Crippen LogP contribution in [0.1, 0.15) is 38.3 Å². The van der Waals surface area contributed by atoms with E-state index in [2.05, 4.69) is 5.32 Å².